The van der Waals surface area contributed by atoms with Gasteiger partial charge < -0.3 is 10.4 Å². The van der Waals surface area contributed by atoms with Gasteiger partial charge in [0.2, 0.25) is 0 Å². The number of aliphatic hydroxyl groups excluding tert-OH is 1. The molecule has 3 aromatic rings. The number of aromatic nitrogens is 3. The predicted molar refractivity (Wildman–Crippen MR) is 100 cm³/mol. The molecular formula is C20H24N4O2. The van der Waals surface area contributed by atoms with Crippen molar-refractivity contribution in [2.45, 2.75) is 40.7 Å². The molecule has 6 heteroatoms. The van der Waals surface area contributed by atoms with E-state index in [1.54, 1.807) is 11.4 Å². The quantitative estimate of drug-likeness (QED) is 0.757. The third kappa shape index (κ3) is 3.46. The van der Waals surface area contributed by atoms with Crippen LogP contribution in [0.15, 0.2) is 24.3 Å². The molecule has 0 saturated heterocycles. The lowest BCUT2D eigenvalue weighted by atomic mass is 10.0. The highest BCUT2D eigenvalue weighted by molar-refractivity contribution is 6.01. The number of benzene rings is 1. The van der Waals surface area contributed by atoms with E-state index in [0.29, 0.717) is 16.9 Å². The van der Waals surface area contributed by atoms with Crippen LogP contribution >= 0.6 is 0 Å². The molecule has 0 aliphatic rings. The molecule has 0 aliphatic carbocycles. The highest BCUT2D eigenvalue weighted by Crippen LogP contribution is 2.18. The first-order valence-corrected chi connectivity index (χ1v) is 8.64. The van der Waals surface area contributed by atoms with Crippen LogP contribution < -0.4 is 5.32 Å². The number of hydrogen-bond donors (Lipinski definition) is 2. The first kappa shape index (κ1) is 18.1. The van der Waals surface area contributed by atoms with Crippen LogP contribution in [0.3, 0.4) is 0 Å². The number of aryl methyl sites for hydroxylation is 5. The van der Waals surface area contributed by atoms with E-state index in [9.17, 15) is 9.90 Å². The fraction of sp³-hybridized carbons (Fsp3) is 0.350. The van der Waals surface area contributed by atoms with Gasteiger partial charge in [-0.25, -0.2) is 9.50 Å². The first-order chi connectivity index (χ1) is 12.3. The van der Waals surface area contributed by atoms with Crippen molar-refractivity contribution in [2.75, 3.05) is 6.54 Å². The highest BCUT2D eigenvalue weighted by atomic mass is 16.3. The summed E-state index contributed by atoms with van der Waals surface area (Å²) in [5.74, 6) is -0.279. The minimum Gasteiger partial charge on any atom is -0.387 e. The summed E-state index contributed by atoms with van der Waals surface area (Å²) in [5, 5.41) is 17.7. The fourth-order valence-corrected chi connectivity index (χ4v) is 3.29. The van der Waals surface area contributed by atoms with Gasteiger partial charge in [0, 0.05) is 17.9 Å². The lowest BCUT2D eigenvalue weighted by Crippen LogP contribution is -2.29. The SMILES string of the molecule is Cc1cc(C)cc(C(O)CNC(=O)c2c(C)nn3c(C)cc(C)nc23)c1. The van der Waals surface area contributed by atoms with Gasteiger partial charge in [-0.15, -0.1) is 0 Å². The van der Waals surface area contributed by atoms with Crippen LogP contribution in [-0.4, -0.2) is 32.2 Å². The van der Waals surface area contributed by atoms with E-state index in [-0.39, 0.29) is 12.5 Å². The molecule has 136 valence electrons. The van der Waals surface area contributed by atoms with Gasteiger partial charge in [0.05, 0.1) is 11.8 Å². The summed E-state index contributed by atoms with van der Waals surface area (Å²) >= 11 is 0. The molecule has 2 aromatic heterocycles. The van der Waals surface area contributed by atoms with Crippen molar-refractivity contribution >= 4 is 11.6 Å². The van der Waals surface area contributed by atoms with Crippen LogP contribution in [0.1, 0.15) is 50.2 Å². The van der Waals surface area contributed by atoms with Crippen LogP contribution in [0.25, 0.3) is 5.65 Å². The predicted octanol–water partition coefficient (Wildman–Crippen LogP) is 2.73. The third-order valence-electron chi connectivity index (χ3n) is 4.38. The van der Waals surface area contributed by atoms with E-state index in [1.165, 1.54) is 0 Å². The number of nitrogens with one attached hydrogen (secondary N) is 1. The van der Waals surface area contributed by atoms with Crippen LogP contribution in [0, 0.1) is 34.6 Å². The van der Waals surface area contributed by atoms with Crippen LogP contribution in [0.2, 0.25) is 0 Å². The van der Waals surface area contributed by atoms with E-state index < -0.39 is 6.10 Å². The summed E-state index contributed by atoms with van der Waals surface area (Å²) < 4.78 is 1.68. The van der Waals surface area contributed by atoms with Crippen molar-refractivity contribution in [3.05, 3.63) is 63.6 Å². The van der Waals surface area contributed by atoms with E-state index in [2.05, 4.69) is 15.4 Å². The van der Waals surface area contributed by atoms with Gasteiger partial charge in [-0.05, 0) is 46.2 Å². The number of amides is 1. The Balaban J connectivity index is 1.82. The van der Waals surface area contributed by atoms with Gasteiger partial charge in [-0.3, -0.25) is 4.79 Å². The number of carbonyl (C=O) groups is 1. The second kappa shape index (κ2) is 6.88. The Labute approximate surface area is 152 Å². The van der Waals surface area contributed by atoms with Gasteiger partial charge in [-0.1, -0.05) is 29.3 Å². The van der Waals surface area contributed by atoms with Crippen LogP contribution in [-0.2, 0) is 0 Å². The summed E-state index contributed by atoms with van der Waals surface area (Å²) in [6.07, 6.45) is -0.767. The maximum absolute atomic E-state index is 12.7. The lowest BCUT2D eigenvalue weighted by Gasteiger charge is -2.14. The van der Waals surface area contributed by atoms with Crippen molar-refractivity contribution in [3.63, 3.8) is 0 Å². The second-order valence-corrected chi connectivity index (χ2v) is 6.88. The average Bonchev–Trinajstić information content (AvgIpc) is 2.87. The third-order valence-corrected chi connectivity index (χ3v) is 4.38. The zero-order chi connectivity index (χ0) is 19.0. The van der Waals surface area contributed by atoms with E-state index in [1.807, 2.05) is 52.0 Å². The van der Waals surface area contributed by atoms with Crippen molar-refractivity contribution in [3.8, 4) is 0 Å². The van der Waals surface area contributed by atoms with Crippen molar-refractivity contribution in [2.24, 2.45) is 0 Å². The van der Waals surface area contributed by atoms with Gasteiger partial charge in [0.1, 0.15) is 5.56 Å². The van der Waals surface area contributed by atoms with E-state index in [0.717, 1.165) is 28.1 Å². The Hall–Kier alpha value is -2.73. The van der Waals surface area contributed by atoms with Crippen LogP contribution in [0.5, 0.6) is 0 Å². The summed E-state index contributed by atoms with van der Waals surface area (Å²) in [5.41, 5.74) is 6.32. The number of carbonyl (C=O) groups excluding carboxylic acids is 1. The highest BCUT2D eigenvalue weighted by Gasteiger charge is 2.20. The Morgan fingerprint density at radius 2 is 1.77 bits per heavy atom. The molecule has 2 heterocycles. The monoisotopic (exact) mass is 352 g/mol. The average molecular weight is 352 g/mol. The minimum absolute atomic E-state index is 0.128. The van der Waals surface area contributed by atoms with Crippen molar-refractivity contribution < 1.29 is 9.90 Å². The number of hydrogen-bond acceptors (Lipinski definition) is 4. The Morgan fingerprint density at radius 1 is 1.12 bits per heavy atom. The summed E-state index contributed by atoms with van der Waals surface area (Å²) in [6, 6.07) is 7.83. The smallest absolute Gasteiger partial charge is 0.257 e. The molecule has 1 aromatic carbocycles. The maximum atomic E-state index is 12.7. The molecule has 1 unspecified atom stereocenters. The molecular weight excluding hydrogens is 328 g/mol. The van der Waals surface area contributed by atoms with Gasteiger partial charge >= 0.3 is 0 Å². The zero-order valence-corrected chi connectivity index (χ0v) is 15.8. The molecule has 0 radical (unpaired) electrons. The summed E-state index contributed by atoms with van der Waals surface area (Å²) in [4.78, 5) is 17.2. The van der Waals surface area contributed by atoms with Crippen molar-refractivity contribution in [1.29, 1.82) is 0 Å². The summed E-state index contributed by atoms with van der Waals surface area (Å²) in [6.45, 7) is 9.71. The molecule has 0 spiro atoms. The molecule has 6 nitrogen and oxygen atoms in total. The molecule has 3 rings (SSSR count). The van der Waals surface area contributed by atoms with Crippen molar-refractivity contribution in [1.82, 2.24) is 19.9 Å². The Bertz CT molecular complexity index is 971. The largest absolute Gasteiger partial charge is 0.387 e. The maximum Gasteiger partial charge on any atom is 0.257 e. The number of aliphatic hydroxyl groups is 1. The molecule has 1 amide bonds. The Morgan fingerprint density at radius 3 is 2.42 bits per heavy atom. The molecule has 2 N–H and O–H groups in total. The second-order valence-electron chi connectivity index (χ2n) is 6.88. The molecule has 1 atom stereocenters. The number of rotatable bonds is 4. The number of nitrogens with zero attached hydrogens (tertiary/aromatic N) is 3. The minimum atomic E-state index is -0.767. The van der Waals surface area contributed by atoms with Gasteiger partial charge in [0.15, 0.2) is 5.65 Å². The van der Waals surface area contributed by atoms with Gasteiger partial charge in [-0.2, -0.15) is 5.10 Å². The molecule has 0 saturated carbocycles. The lowest BCUT2D eigenvalue weighted by molar-refractivity contribution is 0.0917. The zero-order valence-electron chi connectivity index (χ0n) is 15.8. The molecule has 0 aliphatic heterocycles. The van der Waals surface area contributed by atoms with Crippen LogP contribution in [0.4, 0.5) is 0 Å². The molecule has 26 heavy (non-hydrogen) atoms. The standard InChI is InChI=1S/C20H24N4O2/c1-11-6-12(2)8-16(7-11)17(25)10-21-20(26)18-15(5)23-24-14(4)9-13(3)22-19(18)24/h6-9,17,25H,10H2,1-5H3,(H,21,26). The normalized spacial score (nSPS) is 12.4. The fourth-order valence-electron chi connectivity index (χ4n) is 3.29. The summed E-state index contributed by atoms with van der Waals surface area (Å²) in [7, 11) is 0. The first-order valence-electron chi connectivity index (χ1n) is 8.64. The number of fused-ring (bicyclic) bond motifs is 1. The molecule has 0 fully saturated rings. The van der Waals surface area contributed by atoms with E-state index >= 15 is 0 Å². The topological polar surface area (TPSA) is 79.5 Å². The van der Waals surface area contributed by atoms with Gasteiger partial charge in [0.25, 0.3) is 5.91 Å². The van der Waals surface area contributed by atoms with E-state index in [4.69, 9.17) is 0 Å². The Kier molecular flexibility index (Phi) is 4.78. The molecule has 0 bridgehead atoms.